The van der Waals surface area contributed by atoms with E-state index in [1.807, 2.05) is 0 Å². The topological polar surface area (TPSA) is 72.9 Å². The fourth-order valence-corrected chi connectivity index (χ4v) is 2.65. The van der Waals surface area contributed by atoms with Crippen LogP contribution in [0.25, 0.3) is 0 Å². The lowest BCUT2D eigenvalue weighted by molar-refractivity contribution is -0.158. The van der Waals surface area contributed by atoms with Gasteiger partial charge in [-0.1, -0.05) is 22.5 Å². The van der Waals surface area contributed by atoms with E-state index >= 15 is 0 Å². The van der Waals surface area contributed by atoms with Crippen molar-refractivity contribution in [2.75, 3.05) is 27.3 Å². The molecule has 0 spiro atoms. The number of carbonyl (C=O) groups is 3. The Morgan fingerprint density at radius 3 is 2.24 bits per heavy atom. The second-order valence-corrected chi connectivity index (χ2v) is 6.40. The summed E-state index contributed by atoms with van der Waals surface area (Å²) in [6.45, 7) is 6.59. The van der Waals surface area contributed by atoms with Crippen molar-refractivity contribution in [1.29, 1.82) is 0 Å². The molecule has 0 saturated heterocycles. The van der Waals surface area contributed by atoms with Gasteiger partial charge in [-0.05, 0) is 20.3 Å². The molecule has 21 heavy (non-hydrogen) atoms. The zero-order valence-corrected chi connectivity index (χ0v) is 14.4. The highest BCUT2D eigenvalue weighted by Crippen LogP contribution is 2.28. The number of halogens is 1. The average Bonchev–Trinajstić information content (AvgIpc) is 2.41. The maximum absolute atomic E-state index is 12.0. The number of hydrogen-bond acceptors (Lipinski definition) is 5. The molecule has 1 amide bonds. The second kappa shape index (κ2) is 8.81. The van der Waals surface area contributed by atoms with Gasteiger partial charge in [0.05, 0.1) is 10.2 Å². The zero-order chi connectivity index (χ0) is 16.6. The quantitative estimate of drug-likeness (QED) is 0.283. The number of amides is 1. The molecule has 0 aliphatic carbocycles. The molecule has 120 valence electrons. The van der Waals surface area contributed by atoms with Gasteiger partial charge in [-0.25, -0.2) is 4.79 Å². The summed E-state index contributed by atoms with van der Waals surface area (Å²) in [4.78, 5) is 35.5. The fourth-order valence-electron chi connectivity index (χ4n) is 1.43. The summed E-state index contributed by atoms with van der Waals surface area (Å²) in [6.07, 6.45) is 1.34. The lowest BCUT2D eigenvalue weighted by atomic mass is 9.87. The van der Waals surface area contributed by atoms with Gasteiger partial charge in [0.25, 0.3) is 0 Å². The minimum atomic E-state index is -0.831. The Labute approximate surface area is 133 Å². The maximum Gasteiger partial charge on any atom is 0.330 e. The number of carbonyl (C=O) groups excluding carboxylic acids is 3. The van der Waals surface area contributed by atoms with Gasteiger partial charge in [0, 0.05) is 20.2 Å². The van der Waals surface area contributed by atoms with E-state index in [4.69, 9.17) is 9.47 Å². The van der Waals surface area contributed by atoms with Crippen LogP contribution < -0.4 is 0 Å². The number of alkyl halides is 1. The van der Waals surface area contributed by atoms with Gasteiger partial charge in [-0.2, -0.15) is 0 Å². The molecule has 0 N–H and O–H groups in total. The first-order valence-corrected chi connectivity index (χ1v) is 7.35. The van der Waals surface area contributed by atoms with E-state index in [2.05, 4.69) is 22.5 Å². The van der Waals surface area contributed by atoms with Gasteiger partial charge in [0.1, 0.15) is 13.2 Å². The highest BCUT2D eigenvalue weighted by molar-refractivity contribution is 9.10. The molecule has 7 heteroatoms. The summed E-state index contributed by atoms with van der Waals surface area (Å²) in [6, 6.07) is 0. The molecule has 0 rings (SSSR count). The molecule has 0 fully saturated rings. The molecule has 0 aromatic carbocycles. The van der Waals surface area contributed by atoms with Gasteiger partial charge < -0.3 is 14.4 Å². The SMILES string of the molecule is C=CC(=O)OCCOC(=O)C(C)(C)CC(Br)C(=O)N(C)C. The molecule has 0 aliphatic heterocycles. The van der Waals surface area contributed by atoms with Crippen molar-refractivity contribution in [2.45, 2.75) is 25.1 Å². The number of esters is 2. The van der Waals surface area contributed by atoms with E-state index in [9.17, 15) is 14.4 Å². The van der Waals surface area contributed by atoms with Crippen LogP contribution in [-0.2, 0) is 23.9 Å². The number of nitrogens with zero attached hydrogens (tertiary/aromatic N) is 1. The van der Waals surface area contributed by atoms with Crippen LogP contribution in [0.2, 0.25) is 0 Å². The van der Waals surface area contributed by atoms with E-state index in [1.54, 1.807) is 27.9 Å². The molecular weight excluding hydrogens is 342 g/mol. The summed E-state index contributed by atoms with van der Waals surface area (Å²) in [5.74, 6) is -1.13. The zero-order valence-electron chi connectivity index (χ0n) is 12.8. The molecule has 0 radical (unpaired) electrons. The molecular formula is C14H22BrNO5. The fraction of sp³-hybridized carbons (Fsp3) is 0.643. The Kier molecular flexibility index (Phi) is 8.24. The third-order valence-electron chi connectivity index (χ3n) is 2.68. The van der Waals surface area contributed by atoms with Crippen LogP contribution in [0.4, 0.5) is 0 Å². The summed E-state index contributed by atoms with van der Waals surface area (Å²) >= 11 is 3.28. The molecule has 0 saturated carbocycles. The first-order chi connectivity index (χ1) is 9.61. The molecule has 0 aromatic rings. The monoisotopic (exact) mass is 363 g/mol. The van der Waals surface area contributed by atoms with Gasteiger partial charge >= 0.3 is 11.9 Å². The van der Waals surface area contributed by atoms with Crippen LogP contribution >= 0.6 is 15.9 Å². The summed E-state index contributed by atoms with van der Waals surface area (Å²) in [7, 11) is 3.30. The molecule has 0 aromatic heterocycles. The summed E-state index contributed by atoms with van der Waals surface area (Å²) in [5.41, 5.74) is -0.831. The van der Waals surface area contributed by atoms with E-state index < -0.39 is 22.2 Å². The summed E-state index contributed by atoms with van der Waals surface area (Å²) in [5, 5.41) is 0. The highest BCUT2D eigenvalue weighted by atomic mass is 79.9. The van der Waals surface area contributed by atoms with Crippen LogP contribution in [0.15, 0.2) is 12.7 Å². The highest BCUT2D eigenvalue weighted by Gasteiger charge is 2.34. The predicted octanol–water partition coefficient (Wildman–Crippen LogP) is 1.53. The molecule has 1 unspecified atom stereocenters. The third kappa shape index (κ3) is 7.27. The smallest absolute Gasteiger partial charge is 0.330 e. The maximum atomic E-state index is 12.0. The van der Waals surface area contributed by atoms with Crippen LogP contribution in [0, 0.1) is 5.41 Å². The Bertz CT molecular complexity index is 406. The minimum absolute atomic E-state index is 0.0267. The van der Waals surface area contributed by atoms with Crippen molar-refractivity contribution in [3.05, 3.63) is 12.7 Å². The Balaban J connectivity index is 4.30. The first kappa shape index (κ1) is 19.6. The number of rotatable bonds is 8. The second-order valence-electron chi connectivity index (χ2n) is 5.30. The Morgan fingerprint density at radius 2 is 1.76 bits per heavy atom. The largest absolute Gasteiger partial charge is 0.462 e. The Morgan fingerprint density at radius 1 is 1.24 bits per heavy atom. The lowest BCUT2D eigenvalue weighted by Gasteiger charge is -2.26. The normalized spacial score (nSPS) is 12.2. The van der Waals surface area contributed by atoms with Crippen molar-refractivity contribution in [3.63, 3.8) is 0 Å². The van der Waals surface area contributed by atoms with E-state index in [-0.39, 0.29) is 19.1 Å². The van der Waals surface area contributed by atoms with Crippen molar-refractivity contribution in [1.82, 2.24) is 4.90 Å². The van der Waals surface area contributed by atoms with Gasteiger partial charge in [-0.15, -0.1) is 0 Å². The van der Waals surface area contributed by atoms with E-state index in [0.717, 1.165) is 6.08 Å². The Hall–Kier alpha value is -1.37. The third-order valence-corrected chi connectivity index (χ3v) is 3.39. The van der Waals surface area contributed by atoms with Crippen LogP contribution in [-0.4, -0.2) is 54.9 Å². The van der Waals surface area contributed by atoms with Crippen molar-refractivity contribution < 1.29 is 23.9 Å². The van der Waals surface area contributed by atoms with Crippen LogP contribution in [0.3, 0.4) is 0 Å². The summed E-state index contributed by atoms with van der Waals surface area (Å²) < 4.78 is 9.75. The van der Waals surface area contributed by atoms with E-state index in [1.165, 1.54) is 4.90 Å². The molecule has 0 bridgehead atoms. The minimum Gasteiger partial charge on any atom is -0.462 e. The first-order valence-electron chi connectivity index (χ1n) is 6.43. The standard InChI is InChI=1S/C14H22BrNO5/c1-6-11(17)20-7-8-21-13(19)14(2,3)9-10(15)12(18)16(4)5/h6,10H,1,7-9H2,2-5H3. The molecule has 0 heterocycles. The van der Waals surface area contributed by atoms with Gasteiger partial charge in [0.15, 0.2) is 0 Å². The van der Waals surface area contributed by atoms with Crippen molar-refractivity contribution >= 4 is 33.8 Å². The molecule has 6 nitrogen and oxygen atoms in total. The number of ether oxygens (including phenoxy) is 2. The molecule has 0 aliphatic rings. The van der Waals surface area contributed by atoms with Gasteiger partial charge in [0.2, 0.25) is 5.91 Å². The van der Waals surface area contributed by atoms with Crippen LogP contribution in [0.1, 0.15) is 20.3 Å². The van der Waals surface area contributed by atoms with Crippen molar-refractivity contribution in [2.24, 2.45) is 5.41 Å². The predicted molar refractivity (Wildman–Crippen MR) is 81.9 cm³/mol. The van der Waals surface area contributed by atoms with Gasteiger partial charge in [-0.3, -0.25) is 9.59 Å². The molecule has 1 atom stereocenters. The lowest BCUT2D eigenvalue weighted by Crippen LogP contribution is -2.37. The average molecular weight is 364 g/mol. The van der Waals surface area contributed by atoms with E-state index in [0.29, 0.717) is 6.42 Å². The number of hydrogen-bond donors (Lipinski definition) is 0. The van der Waals surface area contributed by atoms with Crippen molar-refractivity contribution in [3.8, 4) is 0 Å². The van der Waals surface area contributed by atoms with Crippen LogP contribution in [0.5, 0.6) is 0 Å².